The maximum atomic E-state index is 12.1. The van der Waals surface area contributed by atoms with Crippen molar-refractivity contribution in [2.24, 2.45) is 0 Å². The van der Waals surface area contributed by atoms with Gasteiger partial charge < -0.3 is 10.2 Å². The van der Waals surface area contributed by atoms with E-state index in [9.17, 15) is 8.42 Å². The molecule has 0 spiro atoms. The Kier molecular flexibility index (Phi) is 4.88. The first-order valence-electron chi connectivity index (χ1n) is 7.04. The second-order valence-electron chi connectivity index (χ2n) is 5.26. The molecule has 2 rings (SSSR count). The molecule has 1 aromatic carbocycles. The number of benzene rings is 1. The average molecular weight is 297 g/mol. The minimum atomic E-state index is -3.33. The van der Waals surface area contributed by atoms with E-state index in [-0.39, 0.29) is 0 Å². The monoisotopic (exact) mass is 297 g/mol. The lowest BCUT2D eigenvalue weighted by Gasteiger charge is -2.18. The Morgan fingerprint density at radius 3 is 2.35 bits per heavy atom. The van der Waals surface area contributed by atoms with Crippen LogP contribution in [-0.4, -0.2) is 40.3 Å². The van der Waals surface area contributed by atoms with Crippen LogP contribution in [0.5, 0.6) is 0 Å². The highest BCUT2D eigenvalue weighted by molar-refractivity contribution is 7.93. The summed E-state index contributed by atoms with van der Waals surface area (Å²) >= 11 is 0. The molecule has 1 aliphatic heterocycles. The first kappa shape index (κ1) is 15.1. The lowest BCUT2D eigenvalue weighted by Crippen LogP contribution is -2.33. The van der Waals surface area contributed by atoms with E-state index in [0.717, 1.165) is 18.8 Å². The summed E-state index contributed by atoms with van der Waals surface area (Å²) in [6.45, 7) is 4.30. The minimum Gasteiger partial charge on any atom is -0.372 e. The molecule has 20 heavy (non-hydrogen) atoms. The number of hydrogen-bond acceptors (Lipinski definition) is 4. The zero-order chi connectivity index (χ0) is 14.6. The minimum absolute atomic E-state index is 0.432. The van der Waals surface area contributed by atoms with Crippen molar-refractivity contribution in [3.05, 3.63) is 24.3 Å². The van der Waals surface area contributed by atoms with Gasteiger partial charge >= 0.3 is 0 Å². The molecule has 6 heteroatoms. The van der Waals surface area contributed by atoms with Crippen LogP contribution in [0.3, 0.4) is 0 Å². The van der Waals surface area contributed by atoms with Gasteiger partial charge in [0.15, 0.2) is 0 Å². The Morgan fingerprint density at radius 1 is 1.20 bits per heavy atom. The molecule has 1 atom stereocenters. The molecular weight excluding hydrogens is 274 g/mol. The fourth-order valence-corrected chi connectivity index (χ4v) is 3.43. The third-order valence-corrected chi connectivity index (χ3v) is 5.37. The standard InChI is InChI=1S/C14H23N3O2S/c1-12(11-15-2)20(18,19)16-13-5-7-14(8-6-13)17-9-3-4-10-17/h5-8,12,15-16H,3-4,9-11H2,1-2H3. The zero-order valence-corrected chi connectivity index (χ0v) is 12.9. The van der Waals surface area contributed by atoms with Gasteiger partial charge in [-0.25, -0.2) is 8.42 Å². The topological polar surface area (TPSA) is 61.4 Å². The maximum Gasteiger partial charge on any atom is 0.236 e. The van der Waals surface area contributed by atoms with Crippen molar-refractivity contribution in [3.63, 3.8) is 0 Å². The molecule has 2 N–H and O–H groups in total. The SMILES string of the molecule is CNCC(C)S(=O)(=O)Nc1ccc(N2CCCC2)cc1. The molecule has 1 saturated heterocycles. The highest BCUT2D eigenvalue weighted by Crippen LogP contribution is 2.22. The van der Waals surface area contributed by atoms with Crippen LogP contribution >= 0.6 is 0 Å². The van der Waals surface area contributed by atoms with E-state index < -0.39 is 15.3 Å². The Balaban J connectivity index is 2.03. The summed E-state index contributed by atoms with van der Waals surface area (Å²) in [6.07, 6.45) is 2.46. The van der Waals surface area contributed by atoms with E-state index in [1.807, 2.05) is 24.3 Å². The lowest BCUT2D eigenvalue weighted by molar-refractivity contribution is 0.584. The van der Waals surface area contributed by atoms with E-state index >= 15 is 0 Å². The summed E-state index contributed by atoms with van der Waals surface area (Å²) in [5.41, 5.74) is 1.78. The van der Waals surface area contributed by atoms with Crippen LogP contribution in [0.4, 0.5) is 11.4 Å². The van der Waals surface area contributed by atoms with Gasteiger partial charge in [-0.3, -0.25) is 4.72 Å². The van der Waals surface area contributed by atoms with Crippen LogP contribution in [0.1, 0.15) is 19.8 Å². The van der Waals surface area contributed by atoms with Gasteiger partial charge in [-0.1, -0.05) is 0 Å². The van der Waals surface area contributed by atoms with Gasteiger partial charge in [-0.2, -0.15) is 0 Å². The first-order valence-corrected chi connectivity index (χ1v) is 8.59. The number of anilines is 2. The Labute approximate surface area is 121 Å². The van der Waals surface area contributed by atoms with E-state index in [1.165, 1.54) is 12.8 Å². The average Bonchev–Trinajstić information content (AvgIpc) is 2.93. The van der Waals surface area contributed by atoms with Gasteiger partial charge in [-0.05, 0) is 51.1 Å². The lowest BCUT2D eigenvalue weighted by atomic mass is 10.2. The third kappa shape index (κ3) is 3.64. The van der Waals surface area contributed by atoms with E-state index in [4.69, 9.17) is 0 Å². The number of sulfonamides is 1. The van der Waals surface area contributed by atoms with Crippen molar-refractivity contribution in [1.82, 2.24) is 5.32 Å². The number of rotatable bonds is 6. The smallest absolute Gasteiger partial charge is 0.236 e. The molecule has 1 fully saturated rings. The van der Waals surface area contributed by atoms with Gasteiger partial charge in [0.1, 0.15) is 0 Å². The Morgan fingerprint density at radius 2 is 1.80 bits per heavy atom. The zero-order valence-electron chi connectivity index (χ0n) is 12.1. The highest BCUT2D eigenvalue weighted by atomic mass is 32.2. The van der Waals surface area contributed by atoms with E-state index in [0.29, 0.717) is 12.2 Å². The Hall–Kier alpha value is -1.27. The molecule has 1 unspecified atom stereocenters. The fraction of sp³-hybridized carbons (Fsp3) is 0.571. The summed E-state index contributed by atoms with van der Waals surface area (Å²) in [6, 6.07) is 7.62. The van der Waals surface area contributed by atoms with Crippen LogP contribution in [0.2, 0.25) is 0 Å². The summed E-state index contributed by atoms with van der Waals surface area (Å²) in [5.74, 6) is 0. The number of nitrogens with one attached hydrogen (secondary N) is 2. The molecular formula is C14H23N3O2S. The molecule has 0 saturated carbocycles. The van der Waals surface area contributed by atoms with Crippen molar-refractivity contribution >= 4 is 21.4 Å². The van der Waals surface area contributed by atoms with Gasteiger partial charge in [-0.15, -0.1) is 0 Å². The van der Waals surface area contributed by atoms with Crippen LogP contribution < -0.4 is 14.9 Å². The highest BCUT2D eigenvalue weighted by Gasteiger charge is 2.20. The first-order chi connectivity index (χ1) is 9.53. The van der Waals surface area contributed by atoms with E-state index in [1.54, 1.807) is 14.0 Å². The van der Waals surface area contributed by atoms with Gasteiger partial charge in [0.2, 0.25) is 10.0 Å². The molecule has 0 radical (unpaired) electrons. The summed E-state index contributed by atoms with van der Waals surface area (Å²) in [5, 5.41) is 2.41. The molecule has 0 amide bonds. The van der Waals surface area contributed by atoms with Gasteiger partial charge in [0.05, 0.1) is 5.25 Å². The quantitative estimate of drug-likeness (QED) is 0.838. The van der Waals surface area contributed by atoms with Crippen LogP contribution in [-0.2, 0) is 10.0 Å². The van der Waals surface area contributed by atoms with Crippen molar-refractivity contribution in [3.8, 4) is 0 Å². The van der Waals surface area contributed by atoms with Crippen LogP contribution in [0.15, 0.2) is 24.3 Å². The normalized spacial score (nSPS) is 17.2. The molecule has 0 bridgehead atoms. The summed E-state index contributed by atoms with van der Waals surface area (Å²) in [4.78, 5) is 2.32. The third-order valence-electron chi connectivity index (χ3n) is 3.62. The summed E-state index contributed by atoms with van der Waals surface area (Å²) < 4.78 is 26.8. The molecule has 1 heterocycles. The van der Waals surface area contributed by atoms with Gasteiger partial charge in [0.25, 0.3) is 0 Å². The van der Waals surface area contributed by atoms with Crippen LogP contribution in [0, 0.1) is 0 Å². The van der Waals surface area contributed by atoms with E-state index in [2.05, 4.69) is 14.9 Å². The molecule has 112 valence electrons. The summed E-state index contributed by atoms with van der Waals surface area (Å²) in [7, 11) is -1.59. The maximum absolute atomic E-state index is 12.1. The van der Waals surface area contributed by atoms with Crippen LogP contribution in [0.25, 0.3) is 0 Å². The second kappa shape index (κ2) is 6.45. The van der Waals surface area contributed by atoms with Crippen molar-refractivity contribution in [1.29, 1.82) is 0 Å². The number of nitrogens with zero attached hydrogens (tertiary/aromatic N) is 1. The second-order valence-corrected chi connectivity index (χ2v) is 7.36. The molecule has 0 aliphatic carbocycles. The fourth-order valence-electron chi connectivity index (χ4n) is 2.38. The van der Waals surface area contributed by atoms with Crippen molar-refractivity contribution in [2.75, 3.05) is 36.3 Å². The molecule has 1 aliphatic rings. The molecule has 1 aromatic rings. The molecule has 0 aromatic heterocycles. The largest absolute Gasteiger partial charge is 0.372 e. The van der Waals surface area contributed by atoms with Crippen molar-refractivity contribution < 1.29 is 8.42 Å². The van der Waals surface area contributed by atoms with Gasteiger partial charge in [0, 0.05) is 31.0 Å². The number of hydrogen-bond donors (Lipinski definition) is 2. The Bertz CT molecular complexity index is 522. The predicted octanol–water partition coefficient (Wildman–Crippen LogP) is 1.64. The molecule has 5 nitrogen and oxygen atoms in total. The van der Waals surface area contributed by atoms with Crippen molar-refractivity contribution in [2.45, 2.75) is 25.0 Å². The predicted molar refractivity (Wildman–Crippen MR) is 83.8 cm³/mol.